The second-order valence-corrected chi connectivity index (χ2v) is 3.99. The summed E-state index contributed by atoms with van der Waals surface area (Å²) in [6.45, 7) is 0. The highest BCUT2D eigenvalue weighted by Crippen LogP contribution is 2.30. The van der Waals surface area contributed by atoms with Gasteiger partial charge in [-0.3, -0.25) is 0 Å². The van der Waals surface area contributed by atoms with Crippen LogP contribution in [0.3, 0.4) is 0 Å². The van der Waals surface area contributed by atoms with Gasteiger partial charge in [-0.25, -0.2) is 4.79 Å². The Labute approximate surface area is 109 Å². The summed E-state index contributed by atoms with van der Waals surface area (Å²) in [5, 5.41) is 9.40. The molecule has 0 aliphatic heterocycles. The first-order valence-corrected chi connectivity index (χ1v) is 5.51. The van der Waals surface area contributed by atoms with E-state index in [4.69, 9.17) is 27.2 Å². The van der Waals surface area contributed by atoms with Crippen molar-refractivity contribution < 1.29 is 14.6 Å². The minimum atomic E-state index is -1.10. The summed E-state index contributed by atoms with van der Waals surface area (Å²) in [6.07, 6.45) is 0. The Hall–Kier alpha value is -2.20. The fourth-order valence-electron chi connectivity index (χ4n) is 1.44. The van der Waals surface area contributed by atoms with Crippen LogP contribution in [0.1, 0.15) is 10.4 Å². The quantitative estimate of drug-likeness (QED) is 0.833. The largest absolute Gasteiger partial charge is 0.478 e. The van der Waals surface area contributed by atoms with Crippen LogP contribution < -0.4 is 10.5 Å². The maximum atomic E-state index is 10.9. The zero-order valence-corrected chi connectivity index (χ0v) is 10.0. The molecule has 0 aliphatic rings. The number of rotatable bonds is 3. The van der Waals surface area contributed by atoms with Gasteiger partial charge in [-0.2, -0.15) is 0 Å². The summed E-state index contributed by atoms with van der Waals surface area (Å²) in [5.74, 6) is -0.271. The van der Waals surface area contributed by atoms with E-state index in [0.29, 0.717) is 16.5 Å². The van der Waals surface area contributed by atoms with Crippen LogP contribution in [-0.4, -0.2) is 11.1 Å². The number of para-hydroxylation sites is 1. The molecule has 0 amide bonds. The van der Waals surface area contributed by atoms with Crippen LogP contribution in [0.25, 0.3) is 0 Å². The number of hydrogen-bond donors (Lipinski definition) is 2. The molecule has 0 radical (unpaired) electrons. The predicted molar refractivity (Wildman–Crippen MR) is 69.3 cm³/mol. The fraction of sp³-hybridized carbons (Fsp3) is 0. The molecule has 0 aliphatic carbocycles. The number of carboxylic acids is 1. The summed E-state index contributed by atoms with van der Waals surface area (Å²) in [7, 11) is 0. The molecule has 3 N–H and O–H groups in total. The Kier molecular flexibility index (Phi) is 3.39. The van der Waals surface area contributed by atoms with Gasteiger partial charge < -0.3 is 15.6 Å². The number of benzene rings is 2. The SMILES string of the molecule is Nc1ccc(Oc2ccccc2Cl)cc1C(=O)O. The molecule has 2 aromatic rings. The van der Waals surface area contributed by atoms with E-state index >= 15 is 0 Å². The monoisotopic (exact) mass is 263 g/mol. The van der Waals surface area contributed by atoms with Crippen LogP contribution >= 0.6 is 11.6 Å². The van der Waals surface area contributed by atoms with Gasteiger partial charge in [0, 0.05) is 5.69 Å². The minimum absolute atomic E-state index is 0.000413. The molecule has 0 spiro atoms. The lowest BCUT2D eigenvalue weighted by atomic mass is 10.2. The molecule has 0 heterocycles. The van der Waals surface area contributed by atoms with E-state index in [1.807, 2.05) is 0 Å². The number of carbonyl (C=O) groups is 1. The Balaban J connectivity index is 2.33. The minimum Gasteiger partial charge on any atom is -0.478 e. The molecular formula is C13H10ClNO3. The molecule has 0 aromatic heterocycles. The number of carboxylic acid groups (broad SMARTS) is 1. The van der Waals surface area contributed by atoms with Gasteiger partial charge in [-0.15, -0.1) is 0 Å². The number of nitrogen functional groups attached to an aromatic ring is 1. The molecule has 0 fully saturated rings. The second kappa shape index (κ2) is 4.98. The Morgan fingerprint density at radius 2 is 1.94 bits per heavy atom. The molecule has 5 heteroatoms. The molecule has 0 saturated heterocycles. The van der Waals surface area contributed by atoms with E-state index in [2.05, 4.69) is 0 Å². The van der Waals surface area contributed by atoms with Crippen LogP contribution in [0.5, 0.6) is 11.5 Å². The Bertz CT molecular complexity index is 599. The number of hydrogen-bond acceptors (Lipinski definition) is 3. The summed E-state index contributed by atoms with van der Waals surface area (Å²) >= 11 is 5.94. The van der Waals surface area contributed by atoms with Crippen molar-refractivity contribution in [3.8, 4) is 11.5 Å². The van der Waals surface area contributed by atoms with Crippen molar-refractivity contribution in [3.63, 3.8) is 0 Å². The summed E-state index contributed by atoms with van der Waals surface area (Å²) < 4.78 is 5.50. The third-order valence-corrected chi connectivity index (χ3v) is 2.63. The molecular weight excluding hydrogens is 254 g/mol. The maximum absolute atomic E-state index is 10.9. The van der Waals surface area contributed by atoms with Gasteiger partial charge >= 0.3 is 5.97 Å². The third kappa shape index (κ3) is 2.55. The van der Waals surface area contributed by atoms with Crippen LogP contribution in [0.15, 0.2) is 42.5 Å². The predicted octanol–water partition coefficient (Wildman–Crippen LogP) is 3.41. The summed E-state index contributed by atoms with van der Waals surface area (Å²) in [5.41, 5.74) is 5.74. The molecule has 2 aromatic carbocycles. The van der Waals surface area contributed by atoms with Crippen molar-refractivity contribution in [1.29, 1.82) is 0 Å². The summed E-state index contributed by atoms with van der Waals surface area (Å²) in [4.78, 5) is 10.9. The number of ether oxygens (including phenoxy) is 1. The molecule has 0 unspecified atom stereocenters. The third-order valence-electron chi connectivity index (χ3n) is 2.32. The second-order valence-electron chi connectivity index (χ2n) is 3.59. The topological polar surface area (TPSA) is 72.5 Å². The van der Waals surface area contributed by atoms with Crippen LogP contribution in [0, 0.1) is 0 Å². The Morgan fingerprint density at radius 3 is 2.61 bits per heavy atom. The number of halogens is 1. The smallest absolute Gasteiger partial charge is 0.337 e. The van der Waals surface area contributed by atoms with E-state index in [1.165, 1.54) is 12.1 Å². The average molecular weight is 264 g/mol. The molecule has 0 saturated carbocycles. The first-order valence-electron chi connectivity index (χ1n) is 5.13. The van der Waals surface area contributed by atoms with E-state index < -0.39 is 5.97 Å². The highest BCUT2D eigenvalue weighted by molar-refractivity contribution is 6.32. The van der Waals surface area contributed by atoms with Crippen molar-refractivity contribution in [2.45, 2.75) is 0 Å². The van der Waals surface area contributed by atoms with E-state index in [-0.39, 0.29) is 11.3 Å². The first-order chi connectivity index (χ1) is 8.58. The van der Waals surface area contributed by atoms with Crippen LogP contribution in [0.4, 0.5) is 5.69 Å². The first kappa shape index (κ1) is 12.3. The highest BCUT2D eigenvalue weighted by atomic mass is 35.5. The van der Waals surface area contributed by atoms with E-state index in [9.17, 15) is 4.79 Å². The summed E-state index contributed by atoms with van der Waals surface area (Å²) in [6, 6.07) is 11.4. The highest BCUT2D eigenvalue weighted by Gasteiger charge is 2.10. The molecule has 0 bridgehead atoms. The molecule has 0 atom stereocenters. The molecule has 92 valence electrons. The normalized spacial score (nSPS) is 10.1. The van der Waals surface area contributed by atoms with Gasteiger partial charge in [-0.05, 0) is 30.3 Å². The standard InChI is InChI=1S/C13H10ClNO3/c14-10-3-1-2-4-12(10)18-8-5-6-11(15)9(7-8)13(16)17/h1-7H,15H2,(H,16,17). The molecule has 4 nitrogen and oxygen atoms in total. The van der Waals surface area contributed by atoms with Crippen molar-refractivity contribution in [3.05, 3.63) is 53.1 Å². The lowest BCUT2D eigenvalue weighted by Gasteiger charge is -2.09. The number of nitrogens with two attached hydrogens (primary N) is 1. The maximum Gasteiger partial charge on any atom is 0.337 e. The van der Waals surface area contributed by atoms with Gasteiger partial charge in [0.2, 0.25) is 0 Å². The molecule has 2 rings (SSSR count). The van der Waals surface area contributed by atoms with Crippen molar-refractivity contribution in [2.75, 3.05) is 5.73 Å². The van der Waals surface area contributed by atoms with Gasteiger partial charge in [0.15, 0.2) is 0 Å². The van der Waals surface area contributed by atoms with Gasteiger partial charge in [0.05, 0.1) is 10.6 Å². The van der Waals surface area contributed by atoms with E-state index in [0.717, 1.165) is 0 Å². The van der Waals surface area contributed by atoms with Gasteiger partial charge in [0.1, 0.15) is 11.5 Å². The van der Waals surface area contributed by atoms with Crippen molar-refractivity contribution >= 4 is 23.3 Å². The van der Waals surface area contributed by atoms with Crippen LogP contribution in [-0.2, 0) is 0 Å². The van der Waals surface area contributed by atoms with Crippen molar-refractivity contribution in [1.82, 2.24) is 0 Å². The zero-order chi connectivity index (χ0) is 13.1. The average Bonchev–Trinajstić information content (AvgIpc) is 2.34. The lowest BCUT2D eigenvalue weighted by Crippen LogP contribution is -2.02. The fourth-order valence-corrected chi connectivity index (χ4v) is 1.61. The zero-order valence-electron chi connectivity index (χ0n) is 9.26. The van der Waals surface area contributed by atoms with Gasteiger partial charge in [0.25, 0.3) is 0 Å². The van der Waals surface area contributed by atoms with Gasteiger partial charge in [-0.1, -0.05) is 23.7 Å². The Morgan fingerprint density at radius 1 is 1.22 bits per heavy atom. The number of anilines is 1. The van der Waals surface area contributed by atoms with Crippen LogP contribution in [0.2, 0.25) is 5.02 Å². The lowest BCUT2D eigenvalue weighted by molar-refractivity contribution is 0.0697. The van der Waals surface area contributed by atoms with Crippen molar-refractivity contribution in [2.24, 2.45) is 0 Å². The number of aromatic carboxylic acids is 1. The van der Waals surface area contributed by atoms with E-state index in [1.54, 1.807) is 30.3 Å². The molecule has 18 heavy (non-hydrogen) atoms.